The van der Waals surface area contributed by atoms with Gasteiger partial charge >= 0.3 is 0 Å². The molecule has 0 amide bonds. The first-order chi connectivity index (χ1) is 2.81. The van der Waals surface area contributed by atoms with Gasteiger partial charge in [0.05, 0.1) is 0 Å². The first-order valence-electron chi connectivity index (χ1n) is 1.21. The highest BCUT2D eigenvalue weighted by molar-refractivity contribution is 6.31. The number of rotatable bonds is 0. The maximum Gasteiger partial charge on any atom is 0.152 e. The molecule has 0 saturated heterocycles. The smallest absolute Gasteiger partial charge is 0.152 e. The zero-order valence-corrected chi connectivity index (χ0v) is 3.61. The molecule has 0 radical (unpaired) electrons. The fourth-order valence-corrected chi connectivity index (χ4v) is 0.0289. The molecule has 1 N–H and O–H groups in total. The van der Waals surface area contributed by atoms with Gasteiger partial charge in [-0.1, -0.05) is 11.6 Å². The molecule has 0 aliphatic carbocycles. The lowest BCUT2D eigenvalue weighted by Crippen LogP contribution is -1.56. The van der Waals surface area contributed by atoms with Crippen molar-refractivity contribution in [3.8, 4) is 6.07 Å². The molecular weight excluding hydrogens is 101 g/mol. The maximum atomic E-state index is 7.82. The van der Waals surface area contributed by atoms with Gasteiger partial charge in [0.1, 0.15) is 12.3 Å². The molecule has 3 heteroatoms. The van der Waals surface area contributed by atoms with Gasteiger partial charge in [-0.2, -0.15) is 5.26 Å². The number of hydrogen-bond acceptors (Lipinski definition) is 2. The van der Waals surface area contributed by atoms with Crippen molar-refractivity contribution in [2.75, 3.05) is 0 Å². The number of allylic oxidation sites excluding steroid dienone is 1. The number of hydrogen-bond donors (Lipinski definition) is 1. The van der Waals surface area contributed by atoms with E-state index in [2.05, 4.69) is 0 Å². The molecule has 0 heterocycles. The second-order valence-corrected chi connectivity index (χ2v) is 0.996. The molecule has 0 aromatic heterocycles. The molecule has 2 nitrogen and oxygen atoms in total. The quantitative estimate of drug-likeness (QED) is 0.369. The lowest BCUT2D eigenvalue weighted by molar-refractivity contribution is 0.472. The summed E-state index contributed by atoms with van der Waals surface area (Å²) in [6.45, 7) is 0. The summed E-state index contributed by atoms with van der Waals surface area (Å²) in [5, 5.41) is 15.3. The molecule has 0 aliphatic heterocycles. The molecule has 0 bridgehead atoms. The van der Waals surface area contributed by atoms with Crippen molar-refractivity contribution in [2.24, 2.45) is 0 Å². The van der Waals surface area contributed by atoms with Crippen LogP contribution in [0.25, 0.3) is 0 Å². The van der Waals surface area contributed by atoms with Crippen molar-refractivity contribution in [3.05, 3.63) is 11.3 Å². The zero-order chi connectivity index (χ0) is 4.99. The van der Waals surface area contributed by atoms with Crippen LogP contribution in [0, 0.1) is 11.3 Å². The van der Waals surface area contributed by atoms with E-state index in [1.165, 1.54) is 6.07 Å². The van der Waals surface area contributed by atoms with Gasteiger partial charge in [-0.15, -0.1) is 0 Å². The maximum absolute atomic E-state index is 7.82. The zero-order valence-electron chi connectivity index (χ0n) is 2.85. The van der Waals surface area contributed by atoms with Crippen LogP contribution in [-0.2, 0) is 0 Å². The molecule has 0 spiro atoms. The van der Waals surface area contributed by atoms with Gasteiger partial charge in [-0.3, -0.25) is 0 Å². The van der Waals surface area contributed by atoms with Crippen molar-refractivity contribution >= 4 is 11.6 Å². The third-order valence-electron chi connectivity index (χ3n) is 0.220. The van der Waals surface area contributed by atoms with E-state index < -0.39 is 0 Å². The number of aliphatic hydroxyl groups excluding tert-OH is 1. The average Bonchev–Trinajstić information content (AvgIpc) is 1.65. The van der Waals surface area contributed by atoms with Gasteiger partial charge in [-0.05, 0) is 0 Å². The van der Waals surface area contributed by atoms with Crippen molar-refractivity contribution in [2.45, 2.75) is 0 Å². The van der Waals surface area contributed by atoms with Crippen LogP contribution in [0.5, 0.6) is 0 Å². The first kappa shape index (κ1) is 5.32. The number of aliphatic hydroxyl groups is 1. The van der Waals surface area contributed by atoms with E-state index in [0.717, 1.165) is 0 Å². The molecule has 0 aliphatic rings. The van der Waals surface area contributed by atoms with E-state index in [-0.39, 0.29) is 5.03 Å². The monoisotopic (exact) mass is 103 g/mol. The van der Waals surface area contributed by atoms with Crippen molar-refractivity contribution < 1.29 is 5.11 Å². The molecule has 6 heavy (non-hydrogen) atoms. The van der Waals surface area contributed by atoms with E-state index in [1.807, 2.05) is 0 Å². The molecule has 0 aromatic rings. The summed E-state index contributed by atoms with van der Waals surface area (Å²) in [4.78, 5) is 0. The summed E-state index contributed by atoms with van der Waals surface area (Å²) in [6.07, 6.45) is 0.543. The number of nitrogens with zero attached hydrogens (tertiary/aromatic N) is 1. The van der Waals surface area contributed by atoms with Gasteiger partial charge in [0, 0.05) is 0 Å². The summed E-state index contributed by atoms with van der Waals surface area (Å²) in [6, 6.07) is 1.49. The Kier molecular flexibility index (Phi) is 2.26. The van der Waals surface area contributed by atoms with Crippen molar-refractivity contribution in [1.29, 1.82) is 5.26 Å². The fraction of sp³-hybridized carbons (Fsp3) is 0. The highest BCUT2D eigenvalue weighted by Gasteiger charge is 1.78. The van der Waals surface area contributed by atoms with E-state index in [0.29, 0.717) is 6.26 Å². The molecule has 0 aromatic carbocycles. The van der Waals surface area contributed by atoms with Gasteiger partial charge in [-0.25, -0.2) is 0 Å². The van der Waals surface area contributed by atoms with E-state index in [4.69, 9.17) is 22.0 Å². The molecule has 0 atom stereocenters. The van der Waals surface area contributed by atoms with Gasteiger partial charge in [0.15, 0.2) is 5.03 Å². The Hall–Kier alpha value is -0.680. The second-order valence-electron chi connectivity index (χ2n) is 0.589. The second kappa shape index (κ2) is 2.55. The minimum Gasteiger partial charge on any atom is -0.513 e. The minimum absolute atomic E-state index is 0.199. The number of nitriles is 1. The first-order valence-corrected chi connectivity index (χ1v) is 1.59. The summed E-state index contributed by atoms with van der Waals surface area (Å²) < 4.78 is 0. The summed E-state index contributed by atoms with van der Waals surface area (Å²) >= 11 is 4.90. The van der Waals surface area contributed by atoms with Crippen molar-refractivity contribution in [3.63, 3.8) is 0 Å². The van der Waals surface area contributed by atoms with Crippen LogP contribution in [0.3, 0.4) is 0 Å². The summed E-state index contributed by atoms with van der Waals surface area (Å²) in [7, 11) is 0. The lowest BCUT2D eigenvalue weighted by atomic mass is 10.7. The highest BCUT2D eigenvalue weighted by atomic mass is 35.5. The Balaban J connectivity index is 3.61. The van der Waals surface area contributed by atoms with E-state index in [1.54, 1.807) is 0 Å². The van der Waals surface area contributed by atoms with Crippen LogP contribution in [0.1, 0.15) is 0 Å². The van der Waals surface area contributed by atoms with Gasteiger partial charge in [0.2, 0.25) is 0 Å². The molecule has 0 fully saturated rings. The third-order valence-corrected chi connectivity index (χ3v) is 0.402. The Labute approximate surface area is 40.3 Å². The average molecular weight is 104 g/mol. The van der Waals surface area contributed by atoms with E-state index in [9.17, 15) is 0 Å². The Morgan fingerprint density at radius 2 is 2.50 bits per heavy atom. The van der Waals surface area contributed by atoms with Crippen LogP contribution in [0.15, 0.2) is 11.3 Å². The number of halogens is 1. The van der Waals surface area contributed by atoms with Crippen LogP contribution in [0.4, 0.5) is 0 Å². The summed E-state index contributed by atoms with van der Waals surface area (Å²) in [5.74, 6) is 0. The largest absolute Gasteiger partial charge is 0.513 e. The molecule has 0 saturated carbocycles. The topological polar surface area (TPSA) is 44.0 Å². The predicted octanol–water partition coefficient (Wildman–Crippen LogP) is 1.15. The van der Waals surface area contributed by atoms with Crippen LogP contribution >= 0.6 is 11.6 Å². The SMILES string of the molecule is N#C/C(Cl)=C\O. The minimum atomic E-state index is -0.199. The molecule has 0 unspecified atom stereocenters. The Morgan fingerprint density at radius 1 is 2.00 bits per heavy atom. The van der Waals surface area contributed by atoms with Gasteiger partial charge < -0.3 is 5.11 Å². The van der Waals surface area contributed by atoms with Crippen molar-refractivity contribution in [1.82, 2.24) is 0 Å². The standard InChI is InChI=1S/C3H2ClNO/c4-3(1-5)2-6/h2,6H/b3-2+. The van der Waals surface area contributed by atoms with Crippen LogP contribution in [0.2, 0.25) is 0 Å². The molecule has 0 rings (SSSR count). The fourth-order valence-electron chi connectivity index (χ4n) is 0.0289. The molecular formula is C3H2ClNO. The van der Waals surface area contributed by atoms with E-state index >= 15 is 0 Å². The van der Waals surface area contributed by atoms with Gasteiger partial charge in [0.25, 0.3) is 0 Å². The van der Waals surface area contributed by atoms with Crippen LogP contribution < -0.4 is 0 Å². The normalized spacial score (nSPS) is 10.3. The molecule has 32 valence electrons. The predicted molar refractivity (Wildman–Crippen MR) is 22.2 cm³/mol. The third kappa shape index (κ3) is 1.62. The highest BCUT2D eigenvalue weighted by Crippen LogP contribution is 1.92. The summed E-state index contributed by atoms with van der Waals surface area (Å²) in [5.41, 5.74) is 0. The Morgan fingerprint density at radius 3 is 2.50 bits per heavy atom. The Bertz CT molecular complexity index is 102. The lowest BCUT2D eigenvalue weighted by Gasteiger charge is -1.67. The van der Waals surface area contributed by atoms with Crippen LogP contribution in [-0.4, -0.2) is 5.11 Å².